The van der Waals surface area contributed by atoms with Gasteiger partial charge in [0, 0.05) is 24.7 Å². The molecule has 0 radical (unpaired) electrons. The Kier molecular flexibility index (Phi) is 6.99. The van der Waals surface area contributed by atoms with Crippen LogP contribution >= 0.6 is 23.2 Å². The van der Waals surface area contributed by atoms with E-state index in [1.54, 1.807) is 0 Å². The van der Waals surface area contributed by atoms with Crippen molar-refractivity contribution in [1.82, 2.24) is 9.62 Å². The van der Waals surface area contributed by atoms with Crippen LogP contribution in [-0.4, -0.2) is 38.3 Å². The Morgan fingerprint density at radius 1 is 1.04 bits per heavy atom. The summed E-state index contributed by atoms with van der Waals surface area (Å²) in [6.07, 6.45) is 3.26. The second-order valence-corrected chi connectivity index (χ2v) is 9.52. The molecule has 0 aliphatic carbocycles. The Balaban J connectivity index is 1.62. The first-order valence-corrected chi connectivity index (χ1v) is 11.4. The first-order valence-electron chi connectivity index (χ1n) is 9.20. The fraction of sp³-hybridized carbons (Fsp3) is 0.350. The summed E-state index contributed by atoms with van der Waals surface area (Å²) in [6.45, 7) is 1.48. The van der Waals surface area contributed by atoms with Crippen LogP contribution in [0.25, 0.3) is 0 Å². The molecule has 0 saturated carbocycles. The highest BCUT2D eigenvalue weighted by molar-refractivity contribution is 7.89. The quantitative estimate of drug-likeness (QED) is 0.657. The number of carbonyl (C=O) groups is 1. The molecule has 8 heteroatoms. The molecular weight excluding hydrogens is 419 g/mol. The largest absolute Gasteiger partial charge is 0.352 e. The topological polar surface area (TPSA) is 66.5 Å². The summed E-state index contributed by atoms with van der Waals surface area (Å²) < 4.78 is 26.9. The second kappa shape index (κ2) is 9.27. The van der Waals surface area contributed by atoms with Crippen LogP contribution < -0.4 is 5.32 Å². The fourth-order valence-corrected chi connectivity index (χ4v) is 5.03. The number of amides is 1. The van der Waals surface area contributed by atoms with Crippen molar-refractivity contribution in [1.29, 1.82) is 0 Å². The molecule has 1 saturated heterocycles. The normalized spacial score (nSPS) is 14.9. The van der Waals surface area contributed by atoms with Gasteiger partial charge in [0.05, 0.1) is 15.5 Å². The van der Waals surface area contributed by atoms with Gasteiger partial charge in [0.15, 0.2) is 0 Å². The number of hydrogen-bond acceptors (Lipinski definition) is 3. The van der Waals surface area contributed by atoms with E-state index in [4.69, 9.17) is 23.2 Å². The molecule has 1 aliphatic rings. The standard InChI is InChI=1S/C20H22Cl2N2O3S/c21-16-7-5-15(6-8-16)4-3-11-23-20(25)18-14-17(9-10-19(18)22)28(26,27)24-12-1-2-13-24/h5-10,14H,1-4,11-13H2,(H,23,25). The Bertz CT molecular complexity index is 940. The lowest BCUT2D eigenvalue weighted by atomic mass is 10.1. The van der Waals surface area contributed by atoms with E-state index in [0.717, 1.165) is 31.2 Å². The lowest BCUT2D eigenvalue weighted by Crippen LogP contribution is -2.29. The molecule has 3 rings (SSSR count). The van der Waals surface area contributed by atoms with Crippen molar-refractivity contribution in [3.8, 4) is 0 Å². The highest BCUT2D eigenvalue weighted by Gasteiger charge is 2.28. The number of carbonyl (C=O) groups excluding carboxylic acids is 1. The van der Waals surface area contributed by atoms with Gasteiger partial charge in [-0.1, -0.05) is 35.3 Å². The van der Waals surface area contributed by atoms with Crippen molar-refractivity contribution in [2.75, 3.05) is 19.6 Å². The average Bonchev–Trinajstić information content (AvgIpc) is 3.22. The summed E-state index contributed by atoms with van der Waals surface area (Å²) in [5, 5.41) is 3.73. The molecule has 150 valence electrons. The number of nitrogens with zero attached hydrogens (tertiary/aromatic N) is 1. The zero-order valence-corrected chi connectivity index (χ0v) is 17.7. The van der Waals surface area contributed by atoms with Crippen LogP contribution in [0.2, 0.25) is 10.0 Å². The van der Waals surface area contributed by atoms with Gasteiger partial charge in [-0.25, -0.2) is 8.42 Å². The maximum atomic E-state index is 12.7. The van der Waals surface area contributed by atoms with E-state index in [9.17, 15) is 13.2 Å². The van der Waals surface area contributed by atoms with Gasteiger partial charge >= 0.3 is 0 Å². The van der Waals surface area contributed by atoms with Gasteiger partial charge in [-0.15, -0.1) is 0 Å². The third kappa shape index (κ3) is 5.06. The van der Waals surface area contributed by atoms with Crippen molar-refractivity contribution < 1.29 is 13.2 Å². The van der Waals surface area contributed by atoms with Crippen molar-refractivity contribution in [2.45, 2.75) is 30.6 Å². The zero-order valence-electron chi connectivity index (χ0n) is 15.3. The number of sulfonamides is 1. The maximum Gasteiger partial charge on any atom is 0.252 e. The van der Waals surface area contributed by atoms with E-state index in [1.165, 1.54) is 22.5 Å². The number of nitrogens with one attached hydrogen (secondary N) is 1. The molecule has 0 aromatic heterocycles. The predicted octanol–water partition coefficient (Wildman–Crippen LogP) is 4.14. The second-order valence-electron chi connectivity index (χ2n) is 6.74. The third-order valence-electron chi connectivity index (χ3n) is 4.73. The first kappa shape index (κ1) is 21.1. The van der Waals surface area contributed by atoms with Crippen LogP contribution in [0.5, 0.6) is 0 Å². The van der Waals surface area contributed by atoms with Crippen LogP contribution in [0, 0.1) is 0 Å². The molecule has 0 unspecified atom stereocenters. The van der Waals surface area contributed by atoms with Gasteiger partial charge in [-0.2, -0.15) is 4.31 Å². The van der Waals surface area contributed by atoms with E-state index in [1.807, 2.05) is 24.3 Å². The molecule has 28 heavy (non-hydrogen) atoms. The molecule has 1 aliphatic heterocycles. The summed E-state index contributed by atoms with van der Waals surface area (Å²) in [6, 6.07) is 11.9. The Labute approximate surface area is 175 Å². The Morgan fingerprint density at radius 3 is 2.39 bits per heavy atom. The minimum absolute atomic E-state index is 0.102. The van der Waals surface area contributed by atoms with Crippen LogP contribution in [0.15, 0.2) is 47.4 Å². The van der Waals surface area contributed by atoms with E-state index >= 15 is 0 Å². The van der Waals surface area contributed by atoms with Crippen LogP contribution in [0.3, 0.4) is 0 Å². The first-order chi connectivity index (χ1) is 13.4. The molecule has 1 heterocycles. The molecular formula is C20H22Cl2N2O3S. The van der Waals surface area contributed by atoms with E-state index in [0.29, 0.717) is 24.7 Å². The highest BCUT2D eigenvalue weighted by atomic mass is 35.5. The molecule has 0 atom stereocenters. The maximum absolute atomic E-state index is 12.7. The van der Waals surface area contributed by atoms with E-state index in [2.05, 4.69) is 5.32 Å². The summed E-state index contributed by atoms with van der Waals surface area (Å²) >= 11 is 12.0. The smallest absolute Gasteiger partial charge is 0.252 e. The van der Waals surface area contributed by atoms with Crippen LogP contribution in [-0.2, 0) is 16.4 Å². The number of hydrogen-bond donors (Lipinski definition) is 1. The predicted molar refractivity (Wildman–Crippen MR) is 112 cm³/mol. The van der Waals surface area contributed by atoms with Crippen LogP contribution in [0.1, 0.15) is 35.2 Å². The van der Waals surface area contributed by atoms with Gasteiger partial charge in [0.2, 0.25) is 10.0 Å². The molecule has 1 amide bonds. The lowest BCUT2D eigenvalue weighted by molar-refractivity contribution is 0.0953. The van der Waals surface area contributed by atoms with Gasteiger partial charge in [0.1, 0.15) is 0 Å². The molecule has 2 aromatic rings. The van der Waals surface area contributed by atoms with Gasteiger partial charge in [0.25, 0.3) is 5.91 Å². The number of benzene rings is 2. The summed E-state index contributed by atoms with van der Waals surface area (Å²) in [7, 11) is -3.59. The fourth-order valence-electron chi connectivity index (χ4n) is 3.16. The molecule has 1 fully saturated rings. The van der Waals surface area contributed by atoms with Crippen LogP contribution in [0.4, 0.5) is 0 Å². The van der Waals surface area contributed by atoms with Crippen molar-refractivity contribution in [3.63, 3.8) is 0 Å². The summed E-state index contributed by atoms with van der Waals surface area (Å²) in [5.74, 6) is -0.375. The molecule has 0 spiro atoms. The number of rotatable bonds is 7. The minimum atomic E-state index is -3.59. The lowest BCUT2D eigenvalue weighted by Gasteiger charge is -2.16. The Morgan fingerprint density at radius 2 is 1.71 bits per heavy atom. The van der Waals surface area contributed by atoms with Crippen molar-refractivity contribution in [2.24, 2.45) is 0 Å². The van der Waals surface area contributed by atoms with Crippen molar-refractivity contribution in [3.05, 3.63) is 63.6 Å². The van der Waals surface area contributed by atoms with Crippen molar-refractivity contribution >= 4 is 39.1 Å². The number of aryl methyl sites for hydroxylation is 1. The monoisotopic (exact) mass is 440 g/mol. The summed E-state index contributed by atoms with van der Waals surface area (Å²) in [4.78, 5) is 12.6. The minimum Gasteiger partial charge on any atom is -0.352 e. The van der Waals surface area contributed by atoms with Gasteiger partial charge < -0.3 is 5.32 Å². The van der Waals surface area contributed by atoms with E-state index in [-0.39, 0.29) is 21.4 Å². The highest BCUT2D eigenvalue weighted by Crippen LogP contribution is 2.25. The molecule has 0 bridgehead atoms. The SMILES string of the molecule is O=C(NCCCc1ccc(Cl)cc1)c1cc(S(=O)(=O)N2CCCC2)ccc1Cl. The summed E-state index contributed by atoms with van der Waals surface area (Å²) in [5.41, 5.74) is 1.31. The van der Waals surface area contributed by atoms with Gasteiger partial charge in [-0.05, 0) is 61.6 Å². The molecule has 1 N–H and O–H groups in total. The third-order valence-corrected chi connectivity index (χ3v) is 7.20. The Hall–Kier alpha value is -1.60. The van der Waals surface area contributed by atoms with Gasteiger partial charge in [-0.3, -0.25) is 4.79 Å². The number of halogens is 2. The zero-order chi connectivity index (χ0) is 20.1. The molecule has 5 nitrogen and oxygen atoms in total. The van der Waals surface area contributed by atoms with E-state index < -0.39 is 10.0 Å². The average molecular weight is 441 g/mol. The molecule has 2 aromatic carbocycles.